The van der Waals surface area contributed by atoms with Crippen LogP contribution in [0, 0.1) is 11.8 Å². The van der Waals surface area contributed by atoms with Gasteiger partial charge in [-0.3, -0.25) is 4.79 Å². The Morgan fingerprint density at radius 3 is 2.12 bits per heavy atom. The molecule has 8 heteroatoms. The normalized spacial score (nSPS) is 22.1. The lowest BCUT2D eigenvalue weighted by atomic mass is 9.59. The van der Waals surface area contributed by atoms with E-state index in [1.54, 1.807) is 25.0 Å². The second-order valence-corrected chi connectivity index (χ2v) is 10.7. The van der Waals surface area contributed by atoms with Gasteiger partial charge in [-0.2, -0.15) is 5.10 Å². The molecule has 8 nitrogen and oxygen atoms in total. The Kier molecular flexibility index (Phi) is 6.70. The Labute approximate surface area is 232 Å². The van der Waals surface area contributed by atoms with Crippen molar-refractivity contribution in [2.45, 2.75) is 44.1 Å². The van der Waals surface area contributed by atoms with Crippen molar-refractivity contribution in [3.63, 3.8) is 0 Å². The summed E-state index contributed by atoms with van der Waals surface area (Å²) in [7, 11) is 3.17. The summed E-state index contributed by atoms with van der Waals surface area (Å²) in [5.41, 5.74) is 0.889. The van der Waals surface area contributed by atoms with E-state index < -0.39 is 17.4 Å². The smallest absolute Gasteiger partial charge is 0.330 e. The fraction of sp³-hybridized carbons (Fsp3) is 0.344. The van der Waals surface area contributed by atoms with E-state index in [9.17, 15) is 14.7 Å². The van der Waals surface area contributed by atoms with E-state index in [1.165, 1.54) is 0 Å². The number of benzene rings is 3. The molecule has 0 saturated heterocycles. The first-order valence-electron chi connectivity index (χ1n) is 13.8. The van der Waals surface area contributed by atoms with Gasteiger partial charge in [-0.25, -0.2) is 9.48 Å². The van der Waals surface area contributed by atoms with Gasteiger partial charge in [0, 0.05) is 5.39 Å². The predicted octanol–water partition coefficient (Wildman–Crippen LogP) is 5.86. The zero-order valence-corrected chi connectivity index (χ0v) is 22.7. The number of carboxylic acids is 1. The maximum atomic E-state index is 13.9. The van der Waals surface area contributed by atoms with Crippen molar-refractivity contribution < 1.29 is 24.2 Å². The molecular weight excluding hydrogens is 506 g/mol. The number of carbonyl (C=O) groups excluding carboxylic acids is 1. The summed E-state index contributed by atoms with van der Waals surface area (Å²) in [5.74, 6) is -0.482. The van der Waals surface area contributed by atoms with Crippen LogP contribution in [0.15, 0.2) is 66.7 Å². The Balaban J connectivity index is 1.52. The molecule has 3 aromatic carbocycles. The summed E-state index contributed by atoms with van der Waals surface area (Å²) in [6.45, 7) is 0. The second-order valence-electron chi connectivity index (χ2n) is 10.7. The quantitative estimate of drug-likeness (QED) is 0.305. The van der Waals surface area contributed by atoms with Crippen LogP contribution in [0.4, 0.5) is 0 Å². The van der Waals surface area contributed by atoms with Crippen LogP contribution in [0.2, 0.25) is 0 Å². The standard InChI is InChI=1S/C32H33N3O5/c1-39-27-17-8-18-28(40-2)29(27)26-19-24(34-35(26)25-16-5-10-20-9-3-4-15-23(20)25)30(36)33-32(31(37)38)21-11-6-12-22(32)14-7-13-21/h3-5,8-10,15-19,21-22H,6-7,11-14H2,1-2H3,(H,33,36)(H,37,38). The van der Waals surface area contributed by atoms with E-state index in [-0.39, 0.29) is 17.5 Å². The molecule has 0 aliphatic heterocycles. The highest BCUT2D eigenvalue weighted by Crippen LogP contribution is 2.48. The minimum Gasteiger partial charge on any atom is -0.496 e. The Hall–Kier alpha value is -4.33. The fourth-order valence-electron chi connectivity index (χ4n) is 6.96. The minimum atomic E-state index is -1.28. The largest absolute Gasteiger partial charge is 0.496 e. The molecule has 206 valence electrons. The highest BCUT2D eigenvalue weighted by molar-refractivity contribution is 5.99. The lowest BCUT2D eigenvalue weighted by molar-refractivity contribution is -0.154. The summed E-state index contributed by atoms with van der Waals surface area (Å²) in [4.78, 5) is 26.8. The number of methoxy groups -OCH3 is 2. The summed E-state index contributed by atoms with van der Waals surface area (Å²) < 4.78 is 13.1. The molecule has 2 bridgehead atoms. The zero-order chi connectivity index (χ0) is 27.9. The molecule has 2 N–H and O–H groups in total. The molecule has 0 radical (unpaired) electrons. The van der Waals surface area contributed by atoms with Gasteiger partial charge in [-0.1, -0.05) is 55.3 Å². The number of carbonyl (C=O) groups is 2. The Morgan fingerprint density at radius 1 is 0.900 bits per heavy atom. The van der Waals surface area contributed by atoms with Gasteiger partial charge < -0.3 is 19.9 Å². The first kappa shape index (κ1) is 25.9. The maximum Gasteiger partial charge on any atom is 0.330 e. The molecule has 2 saturated carbocycles. The molecular formula is C32H33N3O5. The monoisotopic (exact) mass is 539 g/mol. The summed E-state index contributed by atoms with van der Waals surface area (Å²) >= 11 is 0. The number of amides is 1. The summed E-state index contributed by atoms with van der Waals surface area (Å²) in [5, 5.41) is 20.3. The van der Waals surface area contributed by atoms with Crippen molar-refractivity contribution in [1.29, 1.82) is 0 Å². The zero-order valence-electron chi connectivity index (χ0n) is 22.7. The molecule has 2 fully saturated rings. The van der Waals surface area contributed by atoms with Gasteiger partial charge in [0.25, 0.3) is 5.91 Å². The van der Waals surface area contributed by atoms with E-state index in [0.29, 0.717) is 22.8 Å². The van der Waals surface area contributed by atoms with Crippen LogP contribution in [0.1, 0.15) is 49.0 Å². The van der Waals surface area contributed by atoms with Gasteiger partial charge in [0.1, 0.15) is 17.0 Å². The molecule has 1 amide bonds. The average molecular weight is 540 g/mol. The molecule has 6 rings (SSSR count). The van der Waals surface area contributed by atoms with Crippen LogP contribution < -0.4 is 14.8 Å². The average Bonchev–Trinajstić information content (AvgIpc) is 3.41. The van der Waals surface area contributed by atoms with E-state index in [1.807, 2.05) is 60.7 Å². The van der Waals surface area contributed by atoms with Crippen LogP contribution in [0.5, 0.6) is 11.5 Å². The summed E-state index contributed by atoms with van der Waals surface area (Å²) in [6, 6.07) is 21.1. The number of nitrogens with one attached hydrogen (secondary N) is 1. The number of fused-ring (bicyclic) bond motifs is 3. The third kappa shape index (κ3) is 4.10. The lowest BCUT2D eigenvalue weighted by Gasteiger charge is -2.50. The van der Waals surface area contributed by atoms with Crippen molar-refractivity contribution in [1.82, 2.24) is 15.1 Å². The maximum absolute atomic E-state index is 13.9. The molecule has 2 aliphatic carbocycles. The Morgan fingerprint density at radius 2 is 1.50 bits per heavy atom. The van der Waals surface area contributed by atoms with Gasteiger partial charge >= 0.3 is 5.97 Å². The van der Waals surface area contributed by atoms with Crippen molar-refractivity contribution in [3.05, 3.63) is 72.4 Å². The van der Waals surface area contributed by atoms with Gasteiger partial charge in [0.2, 0.25) is 0 Å². The van der Waals surface area contributed by atoms with Crippen LogP contribution >= 0.6 is 0 Å². The molecule has 4 aromatic rings. The highest BCUT2D eigenvalue weighted by Gasteiger charge is 2.56. The van der Waals surface area contributed by atoms with E-state index in [2.05, 4.69) is 5.32 Å². The number of aromatic nitrogens is 2. The van der Waals surface area contributed by atoms with Crippen LogP contribution in [0.3, 0.4) is 0 Å². The molecule has 1 heterocycles. The Bertz CT molecular complexity index is 1540. The lowest BCUT2D eigenvalue weighted by Crippen LogP contribution is -2.66. The van der Waals surface area contributed by atoms with E-state index in [4.69, 9.17) is 14.6 Å². The van der Waals surface area contributed by atoms with Crippen molar-refractivity contribution >= 4 is 22.6 Å². The predicted molar refractivity (Wildman–Crippen MR) is 152 cm³/mol. The molecule has 2 aliphatic rings. The number of rotatable bonds is 7. The molecule has 0 unspecified atom stereocenters. The van der Waals surface area contributed by atoms with Crippen LogP contribution in [-0.2, 0) is 4.79 Å². The SMILES string of the molecule is COc1cccc(OC)c1-c1cc(C(=O)NC2(C(=O)O)C3CCCC2CCC3)nn1-c1cccc2ccccc12. The first-order chi connectivity index (χ1) is 19.5. The number of ether oxygens (including phenoxy) is 2. The number of aliphatic carboxylic acids is 1. The van der Waals surface area contributed by atoms with Crippen molar-refractivity contribution in [3.8, 4) is 28.4 Å². The van der Waals surface area contributed by atoms with Gasteiger partial charge in [-0.15, -0.1) is 0 Å². The highest BCUT2D eigenvalue weighted by atomic mass is 16.5. The second kappa shape index (κ2) is 10.3. The van der Waals surface area contributed by atoms with Crippen molar-refractivity contribution in [2.75, 3.05) is 14.2 Å². The molecule has 40 heavy (non-hydrogen) atoms. The molecule has 1 aromatic heterocycles. The summed E-state index contributed by atoms with van der Waals surface area (Å²) in [6.07, 6.45) is 5.20. The van der Waals surface area contributed by atoms with E-state index in [0.717, 1.165) is 55.0 Å². The van der Waals surface area contributed by atoms with Gasteiger partial charge in [0.05, 0.1) is 31.2 Å². The molecule has 0 atom stereocenters. The topological polar surface area (TPSA) is 103 Å². The fourth-order valence-corrected chi connectivity index (χ4v) is 6.96. The first-order valence-corrected chi connectivity index (χ1v) is 13.8. The minimum absolute atomic E-state index is 0.0876. The van der Waals surface area contributed by atoms with Crippen LogP contribution in [0.25, 0.3) is 27.7 Å². The number of hydrogen-bond acceptors (Lipinski definition) is 5. The number of carboxylic acid groups (broad SMARTS) is 1. The third-order valence-electron chi connectivity index (χ3n) is 8.79. The van der Waals surface area contributed by atoms with Gasteiger partial charge in [0.15, 0.2) is 5.69 Å². The van der Waals surface area contributed by atoms with E-state index >= 15 is 0 Å². The molecule has 0 spiro atoms. The number of nitrogens with zero attached hydrogens (tertiary/aromatic N) is 2. The third-order valence-corrected chi connectivity index (χ3v) is 8.79. The van der Waals surface area contributed by atoms with Gasteiger partial charge in [-0.05, 0) is 67.2 Å². The van der Waals surface area contributed by atoms with Crippen molar-refractivity contribution in [2.24, 2.45) is 11.8 Å². The van der Waals surface area contributed by atoms with Crippen LogP contribution in [-0.4, -0.2) is 46.5 Å². The number of hydrogen-bond donors (Lipinski definition) is 2.